The lowest BCUT2D eigenvalue weighted by atomic mass is 9.99. The second kappa shape index (κ2) is 35.6. The largest absolute Gasteiger partial charge is 0.394 e. The first-order chi connectivity index (χ1) is 25.8. The third kappa shape index (κ3) is 26.6. The van der Waals surface area contributed by atoms with Gasteiger partial charge in [0.15, 0.2) is 6.29 Å². The summed E-state index contributed by atoms with van der Waals surface area (Å²) in [6, 6.07) is -0.708. The second-order valence-electron chi connectivity index (χ2n) is 16.2. The normalized spacial score (nSPS) is 21.5. The molecule has 0 aromatic heterocycles. The van der Waals surface area contributed by atoms with E-state index in [4.69, 9.17) is 9.47 Å². The number of rotatable bonds is 38. The molecule has 0 saturated carbocycles. The standard InChI is InChI=1S/C44H87NO8/c1-3-5-7-9-10-11-12-13-14-15-16-17-18-19-20-21-22-23-24-25-26-27-28-30-32-34-40(48)45-37(38(47)33-31-29-8-6-4-2)36-52-44-43(51)42(50)41(49)39(35-46)53-44/h37-39,41-44,46-47,49-51H,3-36H2,1-2H3,(H,45,48). The molecular weight excluding hydrogens is 670 g/mol. The summed E-state index contributed by atoms with van der Waals surface area (Å²) in [5.41, 5.74) is 0. The number of amides is 1. The van der Waals surface area contributed by atoms with E-state index in [2.05, 4.69) is 19.2 Å². The molecule has 316 valence electrons. The number of carbonyl (C=O) groups is 1. The van der Waals surface area contributed by atoms with Crippen molar-refractivity contribution in [2.24, 2.45) is 0 Å². The highest BCUT2D eigenvalue weighted by molar-refractivity contribution is 5.76. The van der Waals surface area contributed by atoms with Crippen LogP contribution in [0.15, 0.2) is 0 Å². The van der Waals surface area contributed by atoms with E-state index >= 15 is 0 Å². The molecule has 9 heteroatoms. The summed E-state index contributed by atoms with van der Waals surface area (Å²) in [7, 11) is 0. The summed E-state index contributed by atoms with van der Waals surface area (Å²) < 4.78 is 11.2. The van der Waals surface area contributed by atoms with Crippen LogP contribution in [-0.4, -0.2) is 87.5 Å². The van der Waals surface area contributed by atoms with Gasteiger partial charge in [-0.2, -0.15) is 0 Å². The van der Waals surface area contributed by atoms with Crippen molar-refractivity contribution < 1.29 is 39.8 Å². The van der Waals surface area contributed by atoms with Crippen molar-refractivity contribution in [3.63, 3.8) is 0 Å². The summed E-state index contributed by atoms with van der Waals surface area (Å²) in [5.74, 6) is -0.147. The maximum atomic E-state index is 12.8. The monoisotopic (exact) mass is 758 g/mol. The summed E-state index contributed by atoms with van der Waals surface area (Å²) >= 11 is 0. The van der Waals surface area contributed by atoms with Gasteiger partial charge in [0, 0.05) is 6.42 Å². The minimum atomic E-state index is -1.55. The van der Waals surface area contributed by atoms with Gasteiger partial charge in [0.05, 0.1) is 25.4 Å². The number of aliphatic hydroxyl groups is 5. The van der Waals surface area contributed by atoms with Crippen molar-refractivity contribution in [1.29, 1.82) is 0 Å². The zero-order chi connectivity index (χ0) is 38.8. The molecule has 1 saturated heterocycles. The predicted molar refractivity (Wildman–Crippen MR) is 217 cm³/mol. The van der Waals surface area contributed by atoms with E-state index in [-0.39, 0.29) is 12.5 Å². The number of aliphatic hydroxyl groups excluding tert-OH is 5. The van der Waals surface area contributed by atoms with Gasteiger partial charge in [0.2, 0.25) is 5.91 Å². The van der Waals surface area contributed by atoms with Crippen molar-refractivity contribution in [2.75, 3.05) is 13.2 Å². The van der Waals surface area contributed by atoms with E-state index in [1.54, 1.807) is 0 Å². The smallest absolute Gasteiger partial charge is 0.220 e. The lowest BCUT2D eigenvalue weighted by Gasteiger charge is -2.40. The molecule has 53 heavy (non-hydrogen) atoms. The number of ether oxygens (including phenoxy) is 2. The number of carbonyl (C=O) groups excluding carboxylic acids is 1. The summed E-state index contributed by atoms with van der Waals surface area (Å²) in [4.78, 5) is 12.8. The third-order valence-corrected chi connectivity index (χ3v) is 11.2. The Labute approximate surface area is 325 Å². The van der Waals surface area contributed by atoms with Crippen molar-refractivity contribution in [1.82, 2.24) is 5.32 Å². The number of unbranched alkanes of at least 4 members (excludes halogenated alkanes) is 28. The number of hydrogen-bond donors (Lipinski definition) is 6. The van der Waals surface area contributed by atoms with Gasteiger partial charge in [-0.25, -0.2) is 0 Å². The quantitative estimate of drug-likeness (QED) is 0.0342. The lowest BCUT2D eigenvalue weighted by molar-refractivity contribution is -0.302. The van der Waals surface area contributed by atoms with E-state index in [9.17, 15) is 30.3 Å². The van der Waals surface area contributed by atoms with Gasteiger partial charge in [0.1, 0.15) is 24.4 Å². The van der Waals surface area contributed by atoms with Crippen molar-refractivity contribution in [3.05, 3.63) is 0 Å². The van der Waals surface area contributed by atoms with Crippen LogP contribution < -0.4 is 5.32 Å². The van der Waals surface area contributed by atoms with Crippen LogP contribution in [0.2, 0.25) is 0 Å². The predicted octanol–water partition coefficient (Wildman–Crippen LogP) is 9.17. The van der Waals surface area contributed by atoms with E-state index in [1.807, 2.05) is 0 Å². The topological polar surface area (TPSA) is 149 Å². The molecule has 7 unspecified atom stereocenters. The zero-order valence-electron chi connectivity index (χ0n) is 34.5. The van der Waals surface area contributed by atoms with E-state index in [1.165, 1.54) is 141 Å². The molecule has 7 atom stereocenters. The molecule has 1 amide bonds. The molecule has 0 radical (unpaired) electrons. The van der Waals surface area contributed by atoms with E-state index in [0.717, 1.165) is 51.4 Å². The second-order valence-corrected chi connectivity index (χ2v) is 16.2. The molecule has 0 aliphatic carbocycles. The number of nitrogens with one attached hydrogen (secondary N) is 1. The van der Waals surface area contributed by atoms with Crippen LogP contribution in [0.25, 0.3) is 0 Å². The molecule has 0 bridgehead atoms. The Morgan fingerprint density at radius 3 is 1.34 bits per heavy atom. The molecular formula is C44H87NO8. The lowest BCUT2D eigenvalue weighted by Crippen LogP contribution is -2.60. The summed E-state index contributed by atoms with van der Waals surface area (Å²) in [5, 5.41) is 53.8. The highest BCUT2D eigenvalue weighted by Gasteiger charge is 2.44. The Bertz CT molecular complexity index is 801. The highest BCUT2D eigenvalue weighted by atomic mass is 16.7. The van der Waals surface area contributed by atoms with Crippen LogP contribution in [0.1, 0.15) is 219 Å². The Hall–Kier alpha value is -0.810. The average Bonchev–Trinajstić information content (AvgIpc) is 3.16. The minimum absolute atomic E-state index is 0.135. The molecule has 0 aromatic rings. The first-order valence-electron chi connectivity index (χ1n) is 22.7. The number of hydrogen-bond acceptors (Lipinski definition) is 8. The Morgan fingerprint density at radius 1 is 0.566 bits per heavy atom. The fraction of sp³-hybridized carbons (Fsp3) is 0.977. The molecule has 1 fully saturated rings. The van der Waals surface area contributed by atoms with Gasteiger partial charge >= 0.3 is 0 Å². The van der Waals surface area contributed by atoms with Crippen LogP contribution >= 0.6 is 0 Å². The average molecular weight is 758 g/mol. The third-order valence-electron chi connectivity index (χ3n) is 11.2. The van der Waals surface area contributed by atoms with Gasteiger partial charge in [-0.1, -0.05) is 200 Å². The molecule has 1 aliphatic heterocycles. The van der Waals surface area contributed by atoms with Gasteiger partial charge in [-0.05, 0) is 12.8 Å². The SMILES string of the molecule is CCCCCCCCCCCCCCCCCCCCCCCCCCCC(=O)NC(COC1OC(CO)C(O)C(O)C1O)C(O)CCCCCCC. The van der Waals surface area contributed by atoms with Crippen molar-refractivity contribution >= 4 is 5.91 Å². The summed E-state index contributed by atoms with van der Waals surface area (Å²) in [6.45, 7) is 3.75. The maximum Gasteiger partial charge on any atom is 0.220 e. The molecule has 9 nitrogen and oxygen atoms in total. The molecule has 0 aromatic carbocycles. The van der Waals surface area contributed by atoms with Gasteiger partial charge < -0.3 is 40.3 Å². The van der Waals surface area contributed by atoms with Crippen LogP contribution in [0.3, 0.4) is 0 Å². The van der Waals surface area contributed by atoms with Crippen LogP contribution in [0.5, 0.6) is 0 Å². The van der Waals surface area contributed by atoms with Gasteiger partial charge in [-0.3, -0.25) is 4.79 Å². The Kier molecular flexibility index (Phi) is 33.7. The summed E-state index contributed by atoms with van der Waals surface area (Å²) in [6.07, 6.45) is 31.8. The fourth-order valence-electron chi connectivity index (χ4n) is 7.51. The minimum Gasteiger partial charge on any atom is -0.394 e. The Balaban J connectivity index is 2.09. The highest BCUT2D eigenvalue weighted by Crippen LogP contribution is 2.23. The molecule has 0 spiro atoms. The maximum absolute atomic E-state index is 12.8. The first kappa shape index (κ1) is 50.2. The van der Waals surface area contributed by atoms with Gasteiger partial charge in [0.25, 0.3) is 0 Å². The van der Waals surface area contributed by atoms with Crippen LogP contribution in [0.4, 0.5) is 0 Å². The Morgan fingerprint density at radius 2 is 0.943 bits per heavy atom. The fourth-order valence-corrected chi connectivity index (χ4v) is 7.51. The molecule has 1 rings (SSSR count). The van der Waals surface area contributed by atoms with E-state index < -0.39 is 49.5 Å². The first-order valence-corrected chi connectivity index (χ1v) is 22.7. The van der Waals surface area contributed by atoms with Crippen molar-refractivity contribution in [2.45, 2.75) is 262 Å². The molecule has 1 aliphatic rings. The van der Waals surface area contributed by atoms with Crippen molar-refractivity contribution in [3.8, 4) is 0 Å². The van der Waals surface area contributed by atoms with Crippen LogP contribution in [0, 0.1) is 0 Å². The molecule has 1 heterocycles. The van der Waals surface area contributed by atoms with Gasteiger partial charge in [-0.15, -0.1) is 0 Å². The zero-order valence-corrected chi connectivity index (χ0v) is 34.5. The van der Waals surface area contributed by atoms with E-state index in [0.29, 0.717) is 12.8 Å². The molecule has 6 N–H and O–H groups in total. The van der Waals surface area contributed by atoms with Crippen LogP contribution in [-0.2, 0) is 14.3 Å².